The van der Waals surface area contributed by atoms with Crippen molar-refractivity contribution in [3.05, 3.63) is 95.1 Å². The molecule has 0 fully saturated rings. The fourth-order valence-corrected chi connectivity index (χ4v) is 2.71. The van der Waals surface area contributed by atoms with Gasteiger partial charge in [0, 0.05) is 12.7 Å². The standard InChI is InChI=1S/C20H19FN2O/c1-14-8-13-18(23(14)2)20(24)22-19(15-6-4-3-5-7-15)16-9-11-17(21)12-10-16/h3-13,19H,1-2H3,(H,22,24). The number of hydrogen-bond donors (Lipinski definition) is 1. The van der Waals surface area contributed by atoms with Crippen LogP contribution < -0.4 is 5.32 Å². The van der Waals surface area contributed by atoms with E-state index >= 15 is 0 Å². The lowest BCUT2D eigenvalue weighted by Crippen LogP contribution is -2.30. The number of aromatic nitrogens is 1. The second-order valence-electron chi connectivity index (χ2n) is 5.79. The molecule has 1 N–H and O–H groups in total. The number of rotatable bonds is 4. The van der Waals surface area contributed by atoms with E-state index in [4.69, 9.17) is 0 Å². The van der Waals surface area contributed by atoms with Gasteiger partial charge in [0.1, 0.15) is 11.5 Å². The molecule has 2 aromatic carbocycles. The highest BCUT2D eigenvalue weighted by Crippen LogP contribution is 2.23. The first-order chi connectivity index (χ1) is 11.6. The predicted octanol–water partition coefficient (Wildman–Crippen LogP) is 3.99. The summed E-state index contributed by atoms with van der Waals surface area (Å²) >= 11 is 0. The number of benzene rings is 2. The average Bonchev–Trinajstić information content (AvgIpc) is 2.94. The van der Waals surface area contributed by atoms with Crippen molar-refractivity contribution in [1.29, 1.82) is 0 Å². The van der Waals surface area contributed by atoms with Crippen molar-refractivity contribution in [1.82, 2.24) is 9.88 Å². The van der Waals surface area contributed by atoms with E-state index in [-0.39, 0.29) is 17.8 Å². The maximum absolute atomic E-state index is 13.2. The van der Waals surface area contributed by atoms with Crippen LogP contribution in [-0.2, 0) is 7.05 Å². The largest absolute Gasteiger partial charge is 0.344 e. The van der Waals surface area contributed by atoms with Crippen LogP contribution >= 0.6 is 0 Å². The van der Waals surface area contributed by atoms with Gasteiger partial charge in [-0.25, -0.2) is 4.39 Å². The van der Waals surface area contributed by atoms with E-state index < -0.39 is 0 Å². The summed E-state index contributed by atoms with van der Waals surface area (Å²) in [4.78, 5) is 12.7. The molecule has 0 radical (unpaired) electrons. The van der Waals surface area contributed by atoms with Crippen molar-refractivity contribution in [3.8, 4) is 0 Å². The third kappa shape index (κ3) is 3.23. The lowest BCUT2D eigenvalue weighted by molar-refractivity contribution is 0.0934. The Hall–Kier alpha value is -2.88. The van der Waals surface area contributed by atoms with Gasteiger partial charge in [-0.15, -0.1) is 0 Å². The Balaban J connectivity index is 1.95. The van der Waals surface area contributed by atoms with Gasteiger partial charge < -0.3 is 9.88 Å². The molecule has 0 aliphatic rings. The van der Waals surface area contributed by atoms with Crippen LogP contribution in [0.25, 0.3) is 0 Å². The van der Waals surface area contributed by atoms with Gasteiger partial charge in [0.25, 0.3) is 5.91 Å². The number of carbonyl (C=O) groups excluding carboxylic acids is 1. The molecule has 0 aliphatic carbocycles. The summed E-state index contributed by atoms with van der Waals surface area (Å²) in [5.41, 5.74) is 3.39. The zero-order valence-corrected chi connectivity index (χ0v) is 13.7. The fraction of sp³-hybridized carbons (Fsp3) is 0.150. The summed E-state index contributed by atoms with van der Waals surface area (Å²) in [7, 11) is 1.86. The van der Waals surface area contributed by atoms with Crippen LogP contribution in [0.5, 0.6) is 0 Å². The number of carbonyl (C=O) groups is 1. The van der Waals surface area contributed by atoms with Gasteiger partial charge in [0.15, 0.2) is 0 Å². The van der Waals surface area contributed by atoms with E-state index in [1.807, 2.05) is 54.9 Å². The molecule has 1 aromatic heterocycles. The minimum absolute atomic E-state index is 0.163. The molecule has 1 heterocycles. The first-order valence-electron chi connectivity index (χ1n) is 7.80. The Bertz CT molecular complexity index is 838. The van der Waals surface area contributed by atoms with Crippen LogP contribution in [0.15, 0.2) is 66.7 Å². The lowest BCUT2D eigenvalue weighted by Gasteiger charge is -2.20. The van der Waals surface area contributed by atoms with E-state index in [2.05, 4.69) is 5.32 Å². The summed E-state index contributed by atoms with van der Waals surface area (Å²) < 4.78 is 15.1. The van der Waals surface area contributed by atoms with Crippen LogP contribution in [0, 0.1) is 12.7 Å². The molecule has 0 saturated heterocycles. The van der Waals surface area contributed by atoms with Crippen molar-refractivity contribution >= 4 is 5.91 Å². The van der Waals surface area contributed by atoms with Gasteiger partial charge in [-0.1, -0.05) is 42.5 Å². The van der Waals surface area contributed by atoms with Crippen LogP contribution in [0.2, 0.25) is 0 Å². The molecule has 0 spiro atoms. The van der Waals surface area contributed by atoms with E-state index in [0.717, 1.165) is 16.8 Å². The molecular formula is C20H19FN2O. The number of amides is 1. The monoisotopic (exact) mass is 322 g/mol. The Morgan fingerprint density at radius 2 is 1.58 bits per heavy atom. The SMILES string of the molecule is Cc1ccc(C(=O)NC(c2ccccc2)c2ccc(F)cc2)n1C. The van der Waals surface area contributed by atoms with E-state index in [9.17, 15) is 9.18 Å². The summed E-state index contributed by atoms with van der Waals surface area (Å²) in [5, 5.41) is 3.06. The first kappa shape index (κ1) is 16.0. The van der Waals surface area contributed by atoms with Crippen molar-refractivity contribution in [2.75, 3.05) is 0 Å². The summed E-state index contributed by atoms with van der Waals surface area (Å²) in [6.07, 6.45) is 0. The van der Waals surface area contributed by atoms with Crippen molar-refractivity contribution in [3.63, 3.8) is 0 Å². The summed E-state index contributed by atoms with van der Waals surface area (Å²) in [6.45, 7) is 1.95. The third-order valence-electron chi connectivity index (χ3n) is 4.22. The maximum atomic E-state index is 13.2. The topological polar surface area (TPSA) is 34.0 Å². The minimum atomic E-state index is -0.338. The molecule has 3 nitrogen and oxygen atoms in total. The molecule has 4 heteroatoms. The number of aryl methyl sites for hydroxylation is 1. The Morgan fingerprint density at radius 3 is 2.17 bits per heavy atom. The lowest BCUT2D eigenvalue weighted by atomic mass is 9.98. The Morgan fingerprint density at radius 1 is 0.958 bits per heavy atom. The zero-order valence-electron chi connectivity index (χ0n) is 13.7. The molecule has 1 atom stereocenters. The highest BCUT2D eigenvalue weighted by molar-refractivity contribution is 5.93. The van der Waals surface area contributed by atoms with Crippen LogP contribution in [0.4, 0.5) is 4.39 Å². The molecule has 3 aromatic rings. The zero-order chi connectivity index (χ0) is 17.1. The quantitative estimate of drug-likeness (QED) is 0.774. The van der Waals surface area contributed by atoms with Crippen LogP contribution in [0.3, 0.4) is 0 Å². The van der Waals surface area contributed by atoms with E-state index in [1.165, 1.54) is 12.1 Å². The smallest absolute Gasteiger partial charge is 0.268 e. The molecule has 0 bridgehead atoms. The van der Waals surface area contributed by atoms with Crippen molar-refractivity contribution in [2.45, 2.75) is 13.0 Å². The number of nitrogens with one attached hydrogen (secondary N) is 1. The van der Waals surface area contributed by atoms with E-state index in [0.29, 0.717) is 5.69 Å². The maximum Gasteiger partial charge on any atom is 0.268 e. The van der Waals surface area contributed by atoms with Gasteiger partial charge in [-0.3, -0.25) is 4.79 Å². The molecule has 24 heavy (non-hydrogen) atoms. The number of halogens is 1. The summed E-state index contributed by atoms with van der Waals surface area (Å²) in [6, 6.07) is 19.2. The van der Waals surface area contributed by atoms with Gasteiger partial charge in [0.2, 0.25) is 0 Å². The van der Waals surface area contributed by atoms with E-state index in [1.54, 1.807) is 18.2 Å². The van der Waals surface area contributed by atoms with Gasteiger partial charge in [-0.2, -0.15) is 0 Å². The second-order valence-corrected chi connectivity index (χ2v) is 5.79. The summed E-state index contributed by atoms with van der Waals surface area (Å²) in [5.74, 6) is -0.460. The second kappa shape index (κ2) is 6.71. The molecule has 122 valence electrons. The molecular weight excluding hydrogens is 303 g/mol. The molecule has 3 rings (SSSR count). The number of hydrogen-bond acceptors (Lipinski definition) is 1. The van der Waals surface area contributed by atoms with Gasteiger partial charge in [-0.05, 0) is 42.3 Å². The van der Waals surface area contributed by atoms with Crippen LogP contribution in [0.1, 0.15) is 33.4 Å². The third-order valence-corrected chi connectivity index (χ3v) is 4.22. The van der Waals surface area contributed by atoms with Crippen molar-refractivity contribution in [2.24, 2.45) is 7.05 Å². The van der Waals surface area contributed by atoms with Crippen LogP contribution in [-0.4, -0.2) is 10.5 Å². The Kier molecular flexibility index (Phi) is 4.47. The fourth-order valence-electron chi connectivity index (χ4n) is 2.71. The highest BCUT2D eigenvalue weighted by Gasteiger charge is 2.19. The predicted molar refractivity (Wildman–Crippen MR) is 92.3 cm³/mol. The average molecular weight is 322 g/mol. The first-order valence-corrected chi connectivity index (χ1v) is 7.80. The molecule has 1 amide bonds. The minimum Gasteiger partial charge on any atom is -0.344 e. The molecule has 0 aliphatic heterocycles. The molecule has 0 saturated carbocycles. The Labute approximate surface area is 140 Å². The van der Waals surface area contributed by atoms with Crippen molar-refractivity contribution < 1.29 is 9.18 Å². The molecule has 1 unspecified atom stereocenters. The van der Waals surface area contributed by atoms with Gasteiger partial charge in [0.05, 0.1) is 6.04 Å². The normalized spacial score (nSPS) is 12.0. The number of nitrogens with zero attached hydrogens (tertiary/aromatic N) is 1. The highest BCUT2D eigenvalue weighted by atomic mass is 19.1. The van der Waals surface area contributed by atoms with Gasteiger partial charge >= 0.3 is 0 Å².